The van der Waals surface area contributed by atoms with Crippen molar-refractivity contribution in [3.63, 3.8) is 0 Å². The van der Waals surface area contributed by atoms with Crippen LogP contribution in [0.2, 0.25) is 0 Å². The van der Waals surface area contributed by atoms with E-state index in [0.29, 0.717) is 4.90 Å². The number of aliphatic carboxylic acids is 2. The van der Waals surface area contributed by atoms with Gasteiger partial charge in [0, 0.05) is 6.54 Å². The first-order chi connectivity index (χ1) is 8.93. The second-order valence-corrected chi connectivity index (χ2v) is 3.77. The van der Waals surface area contributed by atoms with Gasteiger partial charge in [0.1, 0.15) is 0 Å². The Hall–Kier alpha value is -2.57. The van der Waals surface area contributed by atoms with Crippen LogP contribution in [0.4, 0.5) is 4.79 Å². The molecule has 1 atom stereocenters. The van der Waals surface area contributed by atoms with Crippen molar-refractivity contribution in [1.29, 1.82) is 0 Å². The van der Waals surface area contributed by atoms with E-state index in [9.17, 15) is 14.4 Å². The van der Waals surface area contributed by atoms with Crippen molar-refractivity contribution >= 4 is 18.0 Å². The van der Waals surface area contributed by atoms with E-state index in [1.165, 1.54) is 12.1 Å². The van der Waals surface area contributed by atoms with E-state index in [4.69, 9.17) is 15.3 Å². The van der Waals surface area contributed by atoms with Gasteiger partial charge < -0.3 is 15.3 Å². The third-order valence-corrected chi connectivity index (χ3v) is 2.47. The van der Waals surface area contributed by atoms with Crippen molar-refractivity contribution in [3.05, 3.63) is 35.9 Å². The number of carboxylic acid groups (broad SMARTS) is 3. The minimum Gasteiger partial charge on any atom is -0.481 e. The number of amides is 1. The molecule has 0 aliphatic rings. The SMILES string of the molecule is O=C(O)CCN(C(=O)O)C(C(=O)O)c1ccccc1. The van der Waals surface area contributed by atoms with Crippen molar-refractivity contribution in [2.45, 2.75) is 12.5 Å². The lowest BCUT2D eigenvalue weighted by atomic mass is 10.1. The molecule has 0 spiro atoms. The maximum atomic E-state index is 11.2. The maximum Gasteiger partial charge on any atom is 0.408 e. The molecule has 0 saturated heterocycles. The summed E-state index contributed by atoms with van der Waals surface area (Å²) in [6.07, 6.45) is -1.93. The molecule has 7 nitrogen and oxygen atoms in total. The molecule has 1 rings (SSSR count). The molecular formula is C12H13NO6. The zero-order valence-electron chi connectivity index (χ0n) is 9.89. The molecule has 0 aromatic heterocycles. The van der Waals surface area contributed by atoms with Crippen LogP contribution in [-0.2, 0) is 9.59 Å². The van der Waals surface area contributed by atoms with Gasteiger partial charge in [-0.2, -0.15) is 0 Å². The normalized spacial score (nSPS) is 11.6. The zero-order valence-corrected chi connectivity index (χ0v) is 9.89. The molecule has 102 valence electrons. The summed E-state index contributed by atoms with van der Waals surface area (Å²) < 4.78 is 0. The van der Waals surface area contributed by atoms with Crippen LogP contribution in [0.1, 0.15) is 18.0 Å². The number of carbonyl (C=O) groups is 3. The lowest BCUT2D eigenvalue weighted by Gasteiger charge is -2.25. The van der Waals surface area contributed by atoms with E-state index in [1.807, 2.05) is 0 Å². The number of hydrogen-bond acceptors (Lipinski definition) is 3. The molecule has 3 N–H and O–H groups in total. The predicted octanol–water partition coefficient (Wildman–Crippen LogP) is 1.27. The van der Waals surface area contributed by atoms with Crippen LogP contribution in [-0.4, -0.2) is 44.8 Å². The first-order valence-corrected chi connectivity index (χ1v) is 5.42. The fraction of sp³-hybridized carbons (Fsp3) is 0.250. The first-order valence-electron chi connectivity index (χ1n) is 5.42. The fourth-order valence-electron chi connectivity index (χ4n) is 1.64. The number of rotatable bonds is 6. The van der Waals surface area contributed by atoms with E-state index < -0.39 is 37.0 Å². The average molecular weight is 267 g/mol. The van der Waals surface area contributed by atoms with Gasteiger partial charge in [-0.1, -0.05) is 30.3 Å². The summed E-state index contributed by atoms with van der Waals surface area (Å²) in [5, 5.41) is 26.8. The summed E-state index contributed by atoms with van der Waals surface area (Å²) in [7, 11) is 0. The van der Waals surface area contributed by atoms with Crippen LogP contribution < -0.4 is 0 Å². The topological polar surface area (TPSA) is 115 Å². The number of carboxylic acids is 2. The van der Waals surface area contributed by atoms with Crippen molar-refractivity contribution in [3.8, 4) is 0 Å². The summed E-state index contributed by atoms with van der Waals surface area (Å²) >= 11 is 0. The molecule has 1 amide bonds. The largest absolute Gasteiger partial charge is 0.481 e. The monoisotopic (exact) mass is 267 g/mol. The number of benzene rings is 1. The van der Waals surface area contributed by atoms with Crippen LogP contribution in [0.3, 0.4) is 0 Å². The summed E-state index contributed by atoms with van der Waals surface area (Å²) in [5.41, 5.74) is 0.280. The molecule has 0 aliphatic carbocycles. The molecule has 0 bridgehead atoms. The fourth-order valence-corrected chi connectivity index (χ4v) is 1.64. The second-order valence-electron chi connectivity index (χ2n) is 3.77. The van der Waals surface area contributed by atoms with Crippen molar-refractivity contribution in [1.82, 2.24) is 4.90 Å². The Kier molecular flexibility index (Phi) is 4.87. The van der Waals surface area contributed by atoms with E-state index in [2.05, 4.69) is 0 Å². The van der Waals surface area contributed by atoms with Gasteiger partial charge in [0.05, 0.1) is 6.42 Å². The molecule has 0 saturated carbocycles. The molecule has 1 aromatic carbocycles. The minimum atomic E-state index is -1.47. The zero-order chi connectivity index (χ0) is 14.4. The molecule has 1 aromatic rings. The Morgan fingerprint density at radius 3 is 2.05 bits per heavy atom. The first kappa shape index (κ1) is 14.5. The Balaban J connectivity index is 3.03. The number of hydrogen-bond donors (Lipinski definition) is 3. The highest BCUT2D eigenvalue weighted by molar-refractivity contribution is 5.81. The Morgan fingerprint density at radius 1 is 1.05 bits per heavy atom. The van der Waals surface area contributed by atoms with Gasteiger partial charge in [0.2, 0.25) is 0 Å². The average Bonchev–Trinajstić information content (AvgIpc) is 2.34. The van der Waals surface area contributed by atoms with Gasteiger partial charge in [-0.15, -0.1) is 0 Å². The van der Waals surface area contributed by atoms with Crippen LogP contribution in [0.5, 0.6) is 0 Å². The highest BCUT2D eigenvalue weighted by Crippen LogP contribution is 2.21. The molecule has 7 heteroatoms. The smallest absolute Gasteiger partial charge is 0.408 e. The molecule has 0 aliphatic heterocycles. The lowest BCUT2D eigenvalue weighted by molar-refractivity contribution is -0.144. The Bertz CT molecular complexity index is 472. The Morgan fingerprint density at radius 2 is 1.63 bits per heavy atom. The van der Waals surface area contributed by atoms with Crippen molar-refractivity contribution in [2.75, 3.05) is 6.54 Å². The van der Waals surface area contributed by atoms with Crippen LogP contribution in [0, 0.1) is 0 Å². The molecule has 1 unspecified atom stereocenters. The van der Waals surface area contributed by atoms with Crippen LogP contribution >= 0.6 is 0 Å². The third-order valence-electron chi connectivity index (χ3n) is 2.47. The molecule has 0 heterocycles. The van der Waals surface area contributed by atoms with Crippen molar-refractivity contribution in [2.24, 2.45) is 0 Å². The van der Waals surface area contributed by atoms with Crippen LogP contribution in [0.25, 0.3) is 0 Å². The molecule has 0 radical (unpaired) electrons. The molecule has 0 fully saturated rings. The van der Waals surface area contributed by atoms with Gasteiger partial charge in [-0.05, 0) is 5.56 Å². The minimum absolute atomic E-state index is 0.280. The molecular weight excluding hydrogens is 254 g/mol. The summed E-state index contributed by atoms with van der Waals surface area (Å²) in [4.78, 5) is 33.4. The van der Waals surface area contributed by atoms with Gasteiger partial charge >= 0.3 is 18.0 Å². The predicted molar refractivity (Wildman–Crippen MR) is 63.8 cm³/mol. The quantitative estimate of drug-likeness (QED) is 0.714. The van der Waals surface area contributed by atoms with Crippen molar-refractivity contribution < 1.29 is 29.7 Å². The summed E-state index contributed by atoms with van der Waals surface area (Å²) in [6, 6.07) is 6.39. The van der Waals surface area contributed by atoms with Gasteiger partial charge in [-0.3, -0.25) is 9.69 Å². The van der Waals surface area contributed by atoms with E-state index in [0.717, 1.165) is 0 Å². The standard InChI is InChI=1S/C12H13NO6/c14-9(15)6-7-13(12(18)19)10(11(16)17)8-4-2-1-3-5-8/h1-5,10H,6-7H2,(H,14,15)(H,16,17)(H,18,19). The second kappa shape index (κ2) is 6.39. The third kappa shape index (κ3) is 3.98. The maximum absolute atomic E-state index is 11.2. The van der Waals surface area contributed by atoms with Gasteiger partial charge in [0.25, 0.3) is 0 Å². The summed E-state index contributed by atoms with van der Waals surface area (Å²) in [5.74, 6) is -2.54. The summed E-state index contributed by atoms with van der Waals surface area (Å²) in [6.45, 7) is -0.392. The van der Waals surface area contributed by atoms with E-state index in [1.54, 1.807) is 18.2 Å². The van der Waals surface area contributed by atoms with Gasteiger partial charge in [0.15, 0.2) is 6.04 Å². The number of nitrogens with zero attached hydrogens (tertiary/aromatic N) is 1. The lowest BCUT2D eigenvalue weighted by Crippen LogP contribution is -2.39. The van der Waals surface area contributed by atoms with E-state index in [-0.39, 0.29) is 5.56 Å². The van der Waals surface area contributed by atoms with Crippen LogP contribution in [0.15, 0.2) is 30.3 Å². The Labute approximate surface area is 108 Å². The van der Waals surface area contributed by atoms with Gasteiger partial charge in [-0.25, -0.2) is 9.59 Å². The molecule has 19 heavy (non-hydrogen) atoms. The highest BCUT2D eigenvalue weighted by atomic mass is 16.4. The van der Waals surface area contributed by atoms with E-state index >= 15 is 0 Å². The highest BCUT2D eigenvalue weighted by Gasteiger charge is 2.31.